The summed E-state index contributed by atoms with van der Waals surface area (Å²) >= 11 is 0. The van der Waals surface area contributed by atoms with E-state index in [2.05, 4.69) is 9.72 Å². The normalized spacial score (nSPS) is 11.1. The maximum atomic E-state index is 12.4. The zero-order chi connectivity index (χ0) is 20.1. The van der Waals surface area contributed by atoms with Crippen LogP contribution in [0, 0.1) is 0 Å². The van der Waals surface area contributed by atoms with Crippen molar-refractivity contribution in [2.75, 3.05) is 0 Å². The fraction of sp³-hybridized carbons (Fsp3) is 0.100. The molecule has 1 aromatic heterocycles. The van der Waals surface area contributed by atoms with Gasteiger partial charge in [0.05, 0.1) is 0 Å². The van der Waals surface area contributed by atoms with E-state index in [1.807, 2.05) is 30.3 Å². The van der Waals surface area contributed by atoms with E-state index in [0.717, 1.165) is 17.7 Å². The van der Waals surface area contributed by atoms with Crippen LogP contribution in [0.15, 0.2) is 66.9 Å². The fourth-order valence-corrected chi connectivity index (χ4v) is 2.46. The van der Waals surface area contributed by atoms with Gasteiger partial charge in [-0.15, -0.1) is 13.2 Å². The molecule has 1 heterocycles. The zero-order valence-corrected chi connectivity index (χ0v) is 14.3. The van der Waals surface area contributed by atoms with Crippen LogP contribution in [0.5, 0.6) is 11.6 Å². The maximum Gasteiger partial charge on any atom is 0.573 e. The van der Waals surface area contributed by atoms with Crippen molar-refractivity contribution in [2.45, 2.75) is 13.0 Å². The monoisotopic (exact) mass is 389 g/mol. The highest BCUT2D eigenvalue weighted by Gasteiger charge is 2.33. The fourth-order valence-electron chi connectivity index (χ4n) is 2.46. The Morgan fingerprint density at radius 2 is 1.71 bits per heavy atom. The van der Waals surface area contributed by atoms with Crippen molar-refractivity contribution in [2.24, 2.45) is 0 Å². The van der Waals surface area contributed by atoms with Crippen molar-refractivity contribution in [3.05, 3.63) is 78.0 Å². The lowest BCUT2D eigenvalue weighted by Crippen LogP contribution is -2.19. The van der Waals surface area contributed by atoms with Crippen molar-refractivity contribution in [1.82, 2.24) is 4.98 Å². The summed E-state index contributed by atoms with van der Waals surface area (Å²) in [5.41, 5.74) is 1.28. The molecule has 0 amide bonds. The van der Waals surface area contributed by atoms with Gasteiger partial charge >= 0.3 is 12.3 Å². The van der Waals surface area contributed by atoms with Gasteiger partial charge in [0.2, 0.25) is 5.88 Å². The highest BCUT2D eigenvalue weighted by Crippen LogP contribution is 2.31. The second kappa shape index (κ2) is 7.99. The molecule has 0 bridgehead atoms. The Morgan fingerprint density at radius 1 is 1.00 bits per heavy atom. The molecule has 1 N–H and O–H groups in total. The van der Waals surface area contributed by atoms with Crippen LogP contribution < -0.4 is 9.47 Å². The Kier molecular flexibility index (Phi) is 5.49. The van der Waals surface area contributed by atoms with Crippen LogP contribution in [0.3, 0.4) is 0 Å². The Balaban J connectivity index is 1.77. The van der Waals surface area contributed by atoms with Gasteiger partial charge in [-0.2, -0.15) is 0 Å². The number of ether oxygens (including phenoxy) is 2. The second-order valence-corrected chi connectivity index (χ2v) is 5.72. The number of aromatic nitrogens is 1. The topological polar surface area (TPSA) is 68.7 Å². The number of halogens is 3. The molecule has 0 atom stereocenters. The smallest absolute Gasteiger partial charge is 0.478 e. The lowest BCUT2D eigenvalue weighted by Gasteiger charge is -2.12. The first-order valence-corrected chi connectivity index (χ1v) is 8.08. The van der Waals surface area contributed by atoms with Crippen molar-refractivity contribution in [3.8, 4) is 22.8 Å². The molecule has 144 valence electrons. The minimum absolute atomic E-state index is 0.333. The SMILES string of the molecule is O=C(O)c1cc(-c2ccc(OCc3ccccc3)nc2)ccc1OC(F)(F)F. The number of pyridine rings is 1. The van der Waals surface area contributed by atoms with Crippen molar-refractivity contribution < 1.29 is 32.5 Å². The lowest BCUT2D eigenvalue weighted by atomic mass is 10.0. The average Bonchev–Trinajstić information content (AvgIpc) is 2.66. The second-order valence-electron chi connectivity index (χ2n) is 5.72. The van der Waals surface area contributed by atoms with Crippen LogP contribution in [-0.4, -0.2) is 22.4 Å². The molecule has 2 aromatic carbocycles. The van der Waals surface area contributed by atoms with Crippen molar-refractivity contribution >= 4 is 5.97 Å². The summed E-state index contributed by atoms with van der Waals surface area (Å²) in [6.07, 6.45) is -3.53. The summed E-state index contributed by atoms with van der Waals surface area (Å²) in [6, 6.07) is 16.1. The van der Waals surface area contributed by atoms with E-state index >= 15 is 0 Å². The Hall–Kier alpha value is -3.55. The molecule has 28 heavy (non-hydrogen) atoms. The van der Waals surface area contributed by atoms with Gasteiger partial charge in [-0.3, -0.25) is 0 Å². The highest BCUT2D eigenvalue weighted by molar-refractivity contribution is 5.92. The van der Waals surface area contributed by atoms with Gasteiger partial charge in [0.1, 0.15) is 17.9 Å². The molecule has 3 rings (SSSR count). The number of benzene rings is 2. The van der Waals surface area contributed by atoms with E-state index in [1.165, 1.54) is 12.3 Å². The molecule has 0 aliphatic carbocycles. The van der Waals surface area contributed by atoms with E-state index in [1.54, 1.807) is 12.1 Å². The minimum atomic E-state index is -4.98. The number of nitrogens with zero attached hydrogens (tertiary/aromatic N) is 1. The van der Waals surface area contributed by atoms with Gasteiger partial charge in [-0.1, -0.05) is 36.4 Å². The predicted octanol–water partition coefficient (Wildman–Crippen LogP) is 4.92. The number of aromatic carboxylic acids is 1. The van der Waals surface area contributed by atoms with Gasteiger partial charge in [-0.25, -0.2) is 9.78 Å². The van der Waals surface area contributed by atoms with Crippen LogP contribution in [0.4, 0.5) is 13.2 Å². The van der Waals surface area contributed by atoms with Crippen LogP contribution in [0.2, 0.25) is 0 Å². The number of alkyl halides is 3. The molecular weight excluding hydrogens is 375 g/mol. The largest absolute Gasteiger partial charge is 0.573 e. The Morgan fingerprint density at radius 3 is 2.32 bits per heavy atom. The number of hydrogen-bond donors (Lipinski definition) is 1. The quantitative estimate of drug-likeness (QED) is 0.648. The van der Waals surface area contributed by atoms with E-state index in [0.29, 0.717) is 23.6 Å². The van der Waals surface area contributed by atoms with E-state index in [-0.39, 0.29) is 0 Å². The first-order chi connectivity index (χ1) is 13.3. The van der Waals surface area contributed by atoms with Crippen LogP contribution in [0.25, 0.3) is 11.1 Å². The number of hydrogen-bond acceptors (Lipinski definition) is 4. The summed E-state index contributed by atoms with van der Waals surface area (Å²) < 4.78 is 46.6. The molecule has 8 heteroatoms. The summed E-state index contributed by atoms with van der Waals surface area (Å²) in [5, 5.41) is 9.17. The third-order valence-corrected chi connectivity index (χ3v) is 3.73. The number of carboxylic acids is 1. The van der Waals surface area contributed by atoms with Gasteiger partial charge in [0.15, 0.2) is 0 Å². The molecule has 0 unspecified atom stereocenters. The number of carbonyl (C=O) groups is 1. The van der Waals surface area contributed by atoms with Crippen LogP contribution >= 0.6 is 0 Å². The van der Waals surface area contributed by atoms with Crippen LogP contribution in [-0.2, 0) is 6.61 Å². The van der Waals surface area contributed by atoms with Crippen LogP contribution in [0.1, 0.15) is 15.9 Å². The molecule has 0 aliphatic heterocycles. The third kappa shape index (κ3) is 5.00. The first kappa shape index (κ1) is 19.2. The van der Waals surface area contributed by atoms with Gasteiger partial charge in [0, 0.05) is 17.8 Å². The molecule has 0 fully saturated rings. The van der Waals surface area contributed by atoms with Gasteiger partial charge in [0.25, 0.3) is 0 Å². The minimum Gasteiger partial charge on any atom is -0.478 e. The molecule has 0 saturated heterocycles. The molecular formula is C20H14F3NO4. The molecule has 3 aromatic rings. The predicted molar refractivity (Wildman–Crippen MR) is 94.1 cm³/mol. The highest BCUT2D eigenvalue weighted by atomic mass is 19.4. The van der Waals surface area contributed by atoms with E-state index in [9.17, 15) is 23.1 Å². The third-order valence-electron chi connectivity index (χ3n) is 3.73. The summed E-state index contributed by atoms with van der Waals surface area (Å²) in [6.45, 7) is 0.333. The van der Waals surface area contributed by atoms with Gasteiger partial charge in [-0.05, 0) is 29.3 Å². The number of carboxylic acid groups (broad SMARTS) is 1. The van der Waals surface area contributed by atoms with Crippen molar-refractivity contribution in [3.63, 3.8) is 0 Å². The van der Waals surface area contributed by atoms with Gasteiger partial charge < -0.3 is 14.6 Å². The summed E-state index contributed by atoms with van der Waals surface area (Å²) in [5.74, 6) is -1.94. The Labute approximate surface area is 158 Å². The lowest BCUT2D eigenvalue weighted by molar-refractivity contribution is -0.274. The molecule has 0 spiro atoms. The summed E-state index contributed by atoms with van der Waals surface area (Å²) in [7, 11) is 0. The molecule has 5 nitrogen and oxygen atoms in total. The van der Waals surface area contributed by atoms with E-state index in [4.69, 9.17) is 4.74 Å². The zero-order valence-electron chi connectivity index (χ0n) is 14.3. The number of rotatable bonds is 6. The standard InChI is InChI=1S/C20H14F3NO4/c21-20(22,23)28-17-8-6-14(10-16(17)19(25)26)15-7-9-18(24-11-15)27-12-13-4-2-1-3-5-13/h1-11H,12H2,(H,25,26). The van der Waals surface area contributed by atoms with E-state index < -0.39 is 23.6 Å². The molecule has 0 aliphatic rings. The first-order valence-electron chi connectivity index (χ1n) is 8.08. The molecule has 0 saturated carbocycles. The summed E-state index contributed by atoms with van der Waals surface area (Å²) in [4.78, 5) is 15.4. The van der Waals surface area contributed by atoms with Crippen molar-refractivity contribution in [1.29, 1.82) is 0 Å². The Bertz CT molecular complexity index is 957. The average molecular weight is 389 g/mol. The maximum absolute atomic E-state index is 12.4. The molecule has 0 radical (unpaired) electrons.